The molecule has 3 aromatic heterocycles. The van der Waals surface area contributed by atoms with Crippen molar-refractivity contribution >= 4 is 0 Å². The number of pyridine rings is 2. The molecule has 2 atom stereocenters. The number of rotatable bonds is 6. The van der Waals surface area contributed by atoms with Crippen LogP contribution < -0.4 is 0 Å². The highest BCUT2D eigenvalue weighted by atomic mass is 15.0. The molecule has 3 heterocycles. The predicted octanol–water partition coefficient (Wildman–Crippen LogP) is 11.6. The number of allylic oxidation sites excluding steroid dienone is 4. The summed E-state index contributed by atoms with van der Waals surface area (Å²) >= 11 is 0. The van der Waals surface area contributed by atoms with Crippen LogP contribution in [0.25, 0.3) is 78.7 Å². The van der Waals surface area contributed by atoms with Crippen LogP contribution in [0.3, 0.4) is 0 Å². The minimum absolute atomic E-state index is 0.292. The van der Waals surface area contributed by atoms with Crippen LogP contribution in [-0.4, -0.2) is 24.9 Å². The molecule has 254 valence electrons. The van der Waals surface area contributed by atoms with Crippen molar-refractivity contribution in [3.8, 4) is 78.7 Å². The van der Waals surface area contributed by atoms with Crippen LogP contribution in [0.5, 0.6) is 0 Å². The maximum absolute atomic E-state index is 5.07. The van der Waals surface area contributed by atoms with E-state index in [9.17, 15) is 0 Å². The van der Waals surface area contributed by atoms with Crippen molar-refractivity contribution in [2.75, 3.05) is 0 Å². The monoisotopic (exact) mass is 691 g/mol. The highest BCUT2D eigenvalue weighted by molar-refractivity contribution is 5.96. The van der Waals surface area contributed by atoms with E-state index in [2.05, 4.69) is 143 Å². The molecule has 5 nitrogen and oxygen atoms in total. The summed E-state index contributed by atoms with van der Waals surface area (Å²) in [6.45, 7) is 0. The van der Waals surface area contributed by atoms with Gasteiger partial charge in [-0.2, -0.15) is 0 Å². The molecular weight excluding hydrogens is 659 g/mol. The van der Waals surface area contributed by atoms with Gasteiger partial charge in [-0.3, -0.25) is 9.97 Å². The van der Waals surface area contributed by atoms with Gasteiger partial charge in [0, 0.05) is 53.3 Å². The Morgan fingerprint density at radius 1 is 0.315 bits per heavy atom. The van der Waals surface area contributed by atoms with Crippen molar-refractivity contribution < 1.29 is 0 Å². The molecule has 0 saturated carbocycles. The molecule has 0 radical (unpaired) electrons. The summed E-state index contributed by atoms with van der Waals surface area (Å²) in [6, 6.07) is 49.4. The largest absolute Gasteiger partial charge is 0.265 e. The van der Waals surface area contributed by atoms with E-state index >= 15 is 0 Å². The number of benzene rings is 5. The van der Waals surface area contributed by atoms with Gasteiger partial charge in [-0.15, -0.1) is 0 Å². The lowest BCUT2D eigenvalue weighted by Gasteiger charge is -2.34. The molecule has 0 N–H and O–H groups in total. The fourth-order valence-electron chi connectivity index (χ4n) is 8.08. The summed E-state index contributed by atoms with van der Waals surface area (Å²) in [7, 11) is 0. The SMILES string of the molecule is C1=CC2c3ccccc3-c3ccc(-c4ccccc4-c4ccccc4-c4ccccc4-c4nc(-c5ccncc5)nc(-c5ccncc5)n4)cc3C2C=C1. The van der Waals surface area contributed by atoms with Crippen LogP contribution >= 0.6 is 0 Å². The number of aromatic nitrogens is 5. The van der Waals surface area contributed by atoms with Crippen molar-refractivity contribution in [1.82, 2.24) is 24.9 Å². The Balaban J connectivity index is 1.12. The molecular formula is C49H33N5. The first-order valence-corrected chi connectivity index (χ1v) is 18.2. The highest BCUT2D eigenvalue weighted by Crippen LogP contribution is 2.51. The Kier molecular flexibility index (Phi) is 7.88. The van der Waals surface area contributed by atoms with Crippen LogP contribution in [0.4, 0.5) is 0 Å². The quantitative estimate of drug-likeness (QED) is 0.174. The lowest BCUT2D eigenvalue weighted by Crippen LogP contribution is -2.16. The summed E-state index contributed by atoms with van der Waals surface area (Å²) in [6.07, 6.45) is 16.1. The number of nitrogens with zero attached hydrogens (tertiary/aromatic N) is 5. The Hall–Kier alpha value is -7.11. The average Bonchev–Trinajstić information content (AvgIpc) is 3.27. The topological polar surface area (TPSA) is 64.5 Å². The molecule has 54 heavy (non-hydrogen) atoms. The van der Waals surface area contributed by atoms with Crippen molar-refractivity contribution in [2.45, 2.75) is 11.8 Å². The standard InChI is InChI=1S/C49H33N5/c1-2-12-36(35(11-1)34-21-22-44-41-17-6-4-14-38(41)40-16-7-8-19-43(40)46(44)31-34)37-13-3-5-15-39(37)42-18-9-10-20-45(42)49-53-47(32-23-27-50-28-24-32)52-48(54-49)33-25-29-51-30-26-33/h1-31,40,43H. The third-order valence-corrected chi connectivity index (χ3v) is 10.6. The molecule has 5 aromatic carbocycles. The summed E-state index contributed by atoms with van der Waals surface area (Å²) in [4.78, 5) is 23.5. The molecule has 5 heteroatoms. The van der Waals surface area contributed by atoms with Gasteiger partial charge in [-0.25, -0.2) is 15.0 Å². The minimum atomic E-state index is 0.292. The van der Waals surface area contributed by atoms with Gasteiger partial charge in [0.05, 0.1) is 0 Å². The maximum Gasteiger partial charge on any atom is 0.164 e. The van der Waals surface area contributed by atoms with Gasteiger partial charge in [0.1, 0.15) is 0 Å². The second-order valence-electron chi connectivity index (χ2n) is 13.6. The third-order valence-electron chi connectivity index (χ3n) is 10.6. The van der Waals surface area contributed by atoms with E-state index in [4.69, 9.17) is 15.0 Å². The predicted molar refractivity (Wildman–Crippen MR) is 217 cm³/mol. The number of fused-ring (bicyclic) bond motifs is 6. The Morgan fingerprint density at radius 3 is 1.33 bits per heavy atom. The molecule has 0 aliphatic heterocycles. The van der Waals surface area contributed by atoms with E-state index in [1.807, 2.05) is 30.3 Å². The van der Waals surface area contributed by atoms with E-state index in [1.165, 1.54) is 38.9 Å². The first-order chi connectivity index (χ1) is 26.8. The normalized spacial score (nSPS) is 15.3. The molecule has 0 amide bonds. The molecule has 10 rings (SSSR count). The van der Waals surface area contributed by atoms with Crippen LogP contribution in [0.2, 0.25) is 0 Å². The van der Waals surface area contributed by atoms with Gasteiger partial charge in [0.15, 0.2) is 17.5 Å². The smallest absolute Gasteiger partial charge is 0.164 e. The van der Waals surface area contributed by atoms with Gasteiger partial charge in [-0.05, 0) is 86.0 Å². The number of hydrogen-bond donors (Lipinski definition) is 0. The van der Waals surface area contributed by atoms with E-state index in [1.54, 1.807) is 24.8 Å². The van der Waals surface area contributed by atoms with Crippen molar-refractivity contribution in [2.24, 2.45) is 0 Å². The Labute approximate surface area is 314 Å². The summed E-state index contributed by atoms with van der Waals surface area (Å²) in [5.74, 6) is 2.39. The maximum atomic E-state index is 5.07. The minimum Gasteiger partial charge on any atom is -0.265 e. The second kappa shape index (κ2) is 13.5. The fraction of sp³-hybridized carbons (Fsp3) is 0.0408. The zero-order valence-corrected chi connectivity index (χ0v) is 29.3. The van der Waals surface area contributed by atoms with Crippen LogP contribution in [0.1, 0.15) is 23.0 Å². The van der Waals surface area contributed by atoms with Gasteiger partial charge in [0.2, 0.25) is 0 Å². The van der Waals surface area contributed by atoms with E-state index < -0.39 is 0 Å². The molecule has 2 unspecified atom stereocenters. The van der Waals surface area contributed by atoms with Crippen LogP contribution in [0, 0.1) is 0 Å². The Morgan fingerprint density at radius 2 is 0.741 bits per heavy atom. The first kappa shape index (κ1) is 31.6. The average molecular weight is 692 g/mol. The highest BCUT2D eigenvalue weighted by Gasteiger charge is 2.32. The van der Waals surface area contributed by atoms with E-state index in [-0.39, 0.29) is 0 Å². The molecule has 0 bridgehead atoms. The zero-order valence-electron chi connectivity index (χ0n) is 29.3. The molecule has 8 aromatic rings. The zero-order chi connectivity index (χ0) is 35.8. The summed E-state index contributed by atoms with van der Waals surface area (Å²) in [5, 5.41) is 0. The molecule has 0 fully saturated rings. The molecule has 0 spiro atoms. The van der Waals surface area contributed by atoms with E-state index in [0.29, 0.717) is 29.3 Å². The van der Waals surface area contributed by atoms with E-state index in [0.717, 1.165) is 33.4 Å². The summed E-state index contributed by atoms with van der Waals surface area (Å²) in [5.41, 5.74) is 14.9. The van der Waals surface area contributed by atoms with Gasteiger partial charge in [-0.1, -0.05) is 133 Å². The van der Waals surface area contributed by atoms with Crippen LogP contribution in [-0.2, 0) is 0 Å². The van der Waals surface area contributed by atoms with Gasteiger partial charge < -0.3 is 0 Å². The Bertz CT molecular complexity index is 2680. The molecule has 0 saturated heterocycles. The van der Waals surface area contributed by atoms with Crippen molar-refractivity contribution in [3.63, 3.8) is 0 Å². The third kappa shape index (κ3) is 5.54. The van der Waals surface area contributed by atoms with Gasteiger partial charge >= 0.3 is 0 Å². The summed E-state index contributed by atoms with van der Waals surface area (Å²) < 4.78 is 0. The molecule has 2 aliphatic rings. The lowest BCUT2D eigenvalue weighted by atomic mass is 9.69. The fourth-order valence-corrected chi connectivity index (χ4v) is 8.08. The second-order valence-corrected chi connectivity index (χ2v) is 13.6. The molecule has 2 aliphatic carbocycles. The van der Waals surface area contributed by atoms with Crippen LogP contribution in [0.15, 0.2) is 189 Å². The first-order valence-electron chi connectivity index (χ1n) is 18.2. The van der Waals surface area contributed by atoms with Crippen molar-refractivity contribution in [1.29, 1.82) is 0 Å². The lowest BCUT2D eigenvalue weighted by molar-refractivity contribution is 0.720. The van der Waals surface area contributed by atoms with Gasteiger partial charge in [0.25, 0.3) is 0 Å². The number of hydrogen-bond acceptors (Lipinski definition) is 5. The van der Waals surface area contributed by atoms with Crippen molar-refractivity contribution in [3.05, 3.63) is 200 Å².